The van der Waals surface area contributed by atoms with E-state index in [1.807, 2.05) is 6.07 Å². The van der Waals surface area contributed by atoms with Crippen molar-refractivity contribution in [3.8, 4) is 6.07 Å². The number of piperazine rings is 1. The first kappa shape index (κ1) is 13.1. The van der Waals surface area contributed by atoms with Gasteiger partial charge in [-0.25, -0.2) is 4.79 Å². The van der Waals surface area contributed by atoms with Crippen molar-refractivity contribution >= 4 is 11.9 Å². The molecule has 2 N–H and O–H groups in total. The molecule has 0 radical (unpaired) electrons. The molecular formula is C13H14N4O2. The highest BCUT2D eigenvalue weighted by molar-refractivity contribution is 6.04. The van der Waals surface area contributed by atoms with E-state index in [0.29, 0.717) is 24.2 Å². The van der Waals surface area contributed by atoms with E-state index in [2.05, 4.69) is 10.6 Å². The quantitative estimate of drug-likeness (QED) is 0.759. The van der Waals surface area contributed by atoms with Crippen LogP contribution in [0.1, 0.15) is 15.9 Å². The second kappa shape index (κ2) is 5.98. The molecule has 1 aliphatic rings. The van der Waals surface area contributed by atoms with Crippen molar-refractivity contribution in [2.45, 2.75) is 0 Å². The summed E-state index contributed by atoms with van der Waals surface area (Å²) >= 11 is 0. The lowest BCUT2D eigenvalue weighted by atomic mass is 10.1. The fraction of sp³-hybridized carbons (Fsp3) is 0.308. The fourth-order valence-corrected chi connectivity index (χ4v) is 1.81. The summed E-state index contributed by atoms with van der Waals surface area (Å²) in [6, 6.07) is 7.74. The number of nitrogens with one attached hydrogen (secondary N) is 2. The fourth-order valence-electron chi connectivity index (χ4n) is 1.81. The summed E-state index contributed by atoms with van der Waals surface area (Å²) in [5.41, 5.74) is 0.840. The molecule has 1 fully saturated rings. The Morgan fingerprint density at radius 3 is 2.42 bits per heavy atom. The molecule has 3 amide bonds. The molecule has 1 saturated heterocycles. The van der Waals surface area contributed by atoms with Gasteiger partial charge in [-0.2, -0.15) is 5.26 Å². The molecule has 0 saturated carbocycles. The summed E-state index contributed by atoms with van der Waals surface area (Å²) in [5.74, 6) is -0.451. The van der Waals surface area contributed by atoms with Crippen molar-refractivity contribution in [3.63, 3.8) is 0 Å². The number of hydrogen-bond donors (Lipinski definition) is 2. The van der Waals surface area contributed by atoms with Crippen LogP contribution in [-0.2, 0) is 0 Å². The molecule has 1 aromatic rings. The third-order valence-corrected chi connectivity index (χ3v) is 2.90. The molecule has 0 spiro atoms. The van der Waals surface area contributed by atoms with Crippen LogP contribution >= 0.6 is 0 Å². The van der Waals surface area contributed by atoms with Gasteiger partial charge in [-0.15, -0.1) is 0 Å². The molecule has 6 heteroatoms. The number of nitriles is 1. The number of rotatable bonds is 1. The number of benzene rings is 1. The van der Waals surface area contributed by atoms with Gasteiger partial charge in [-0.05, 0) is 24.3 Å². The molecule has 0 aromatic heterocycles. The number of hydrogen-bond acceptors (Lipinski definition) is 4. The van der Waals surface area contributed by atoms with Gasteiger partial charge in [0.2, 0.25) is 0 Å². The zero-order valence-corrected chi connectivity index (χ0v) is 10.3. The van der Waals surface area contributed by atoms with Crippen molar-refractivity contribution in [1.29, 1.82) is 5.26 Å². The van der Waals surface area contributed by atoms with Gasteiger partial charge >= 0.3 is 6.03 Å². The molecule has 1 aromatic carbocycles. The zero-order chi connectivity index (χ0) is 13.7. The Bertz CT molecular complexity index is 512. The minimum Gasteiger partial charge on any atom is -0.322 e. The first-order chi connectivity index (χ1) is 9.20. The minimum atomic E-state index is -0.451. The third-order valence-electron chi connectivity index (χ3n) is 2.90. The predicted octanol–water partition coefficient (Wildman–Crippen LogP) is 0.313. The average molecular weight is 258 g/mol. The largest absolute Gasteiger partial charge is 0.324 e. The molecule has 0 bridgehead atoms. The van der Waals surface area contributed by atoms with Crippen LogP contribution in [-0.4, -0.2) is 43.0 Å². The maximum Gasteiger partial charge on any atom is 0.324 e. The summed E-state index contributed by atoms with van der Waals surface area (Å²) in [6.45, 7) is 2.65. The zero-order valence-electron chi connectivity index (χ0n) is 10.3. The molecule has 1 heterocycles. The van der Waals surface area contributed by atoms with Gasteiger partial charge in [0.05, 0.1) is 11.6 Å². The van der Waals surface area contributed by atoms with E-state index in [1.165, 1.54) is 12.1 Å². The average Bonchev–Trinajstić information content (AvgIpc) is 2.48. The second-order valence-electron chi connectivity index (χ2n) is 4.19. The highest BCUT2D eigenvalue weighted by Gasteiger charge is 2.18. The van der Waals surface area contributed by atoms with Gasteiger partial charge < -0.3 is 10.2 Å². The Balaban J connectivity index is 1.96. The molecule has 0 aliphatic carbocycles. The summed E-state index contributed by atoms with van der Waals surface area (Å²) in [4.78, 5) is 25.3. The maximum absolute atomic E-state index is 11.8. The van der Waals surface area contributed by atoms with E-state index in [0.717, 1.165) is 13.1 Å². The van der Waals surface area contributed by atoms with Gasteiger partial charge in [0, 0.05) is 31.7 Å². The van der Waals surface area contributed by atoms with Gasteiger partial charge in [0.1, 0.15) is 0 Å². The molecular weight excluding hydrogens is 244 g/mol. The Morgan fingerprint density at radius 2 is 1.84 bits per heavy atom. The molecule has 0 unspecified atom stereocenters. The van der Waals surface area contributed by atoms with E-state index in [9.17, 15) is 9.59 Å². The molecule has 98 valence electrons. The van der Waals surface area contributed by atoms with Gasteiger partial charge in [-0.1, -0.05) is 0 Å². The van der Waals surface area contributed by atoms with E-state index in [-0.39, 0.29) is 6.03 Å². The highest BCUT2D eigenvalue weighted by Crippen LogP contribution is 2.03. The van der Waals surface area contributed by atoms with Crippen LogP contribution < -0.4 is 10.6 Å². The van der Waals surface area contributed by atoms with Crippen molar-refractivity contribution < 1.29 is 9.59 Å². The van der Waals surface area contributed by atoms with Crippen LogP contribution in [0.5, 0.6) is 0 Å². The Kier molecular flexibility index (Phi) is 4.11. The van der Waals surface area contributed by atoms with Crippen molar-refractivity contribution in [2.24, 2.45) is 0 Å². The number of nitrogens with zero attached hydrogens (tertiary/aromatic N) is 2. The second-order valence-corrected chi connectivity index (χ2v) is 4.19. The Hall–Kier alpha value is -2.39. The van der Waals surface area contributed by atoms with E-state index < -0.39 is 5.91 Å². The van der Waals surface area contributed by atoms with Gasteiger partial charge in [0.25, 0.3) is 5.91 Å². The summed E-state index contributed by atoms with van der Waals surface area (Å²) in [5, 5.41) is 14.1. The van der Waals surface area contributed by atoms with E-state index in [4.69, 9.17) is 5.26 Å². The van der Waals surface area contributed by atoms with Crippen molar-refractivity contribution in [2.75, 3.05) is 26.2 Å². The van der Waals surface area contributed by atoms with Crippen LogP contribution in [0, 0.1) is 11.3 Å². The first-order valence-corrected chi connectivity index (χ1v) is 6.02. The molecule has 6 nitrogen and oxygen atoms in total. The Morgan fingerprint density at radius 1 is 1.21 bits per heavy atom. The summed E-state index contributed by atoms with van der Waals surface area (Å²) in [6.07, 6.45) is 0. The standard InChI is InChI=1S/C13H14N4O2/c14-9-10-1-3-11(4-2-10)12(18)16-13(19)17-7-5-15-6-8-17/h1-4,15H,5-8H2,(H,16,18,19). The minimum absolute atomic E-state index is 0.363. The van der Waals surface area contributed by atoms with Crippen LogP contribution in [0.3, 0.4) is 0 Å². The smallest absolute Gasteiger partial charge is 0.322 e. The van der Waals surface area contributed by atoms with Gasteiger partial charge in [0.15, 0.2) is 0 Å². The number of amides is 3. The lowest BCUT2D eigenvalue weighted by Gasteiger charge is -2.27. The molecule has 19 heavy (non-hydrogen) atoms. The monoisotopic (exact) mass is 258 g/mol. The summed E-state index contributed by atoms with van der Waals surface area (Å²) < 4.78 is 0. The number of carbonyl (C=O) groups is 2. The van der Waals surface area contributed by atoms with E-state index >= 15 is 0 Å². The number of urea groups is 1. The normalized spacial score (nSPS) is 14.6. The predicted molar refractivity (Wildman–Crippen MR) is 68.5 cm³/mol. The lowest BCUT2D eigenvalue weighted by molar-refractivity contribution is 0.0950. The maximum atomic E-state index is 11.8. The topological polar surface area (TPSA) is 85.2 Å². The molecule has 2 rings (SSSR count). The van der Waals surface area contributed by atoms with Crippen molar-refractivity contribution in [1.82, 2.24) is 15.5 Å². The number of imide groups is 1. The lowest BCUT2D eigenvalue weighted by Crippen LogP contribution is -2.51. The van der Waals surface area contributed by atoms with Crippen LogP contribution in [0.2, 0.25) is 0 Å². The Labute approximate surface area is 111 Å². The van der Waals surface area contributed by atoms with Crippen LogP contribution in [0.4, 0.5) is 4.79 Å². The highest BCUT2D eigenvalue weighted by atomic mass is 16.2. The van der Waals surface area contributed by atoms with Crippen LogP contribution in [0.15, 0.2) is 24.3 Å². The molecule has 0 atom stereocenters. The first-order valence-electron chi connectivity index (χ1n) is 6.02. The third kappa shape index (κ3) is 3.30. The van der Waals surface area contributed by atoms with E-state index in [1.54, 1.807) is 17.0 Å². The van der Waals surface area contributed by atoms with Crippen LogP contribution in [0.25, 0.3) is 0 Å². The summed E-state index contributed by atoms with van der Waals surface area (Å²) in [7, 11) is 0. The SMILES string of the molecule is N#Cc1ccc(C(=O)NC(=O)N2CCNCC2)cc1. The number of carbonyl (C=O) groups excluding carboxylic acids is 2. The van der Waals surface area contributed by atoms with Gasteiger partial charge in [-0.3, -0.25) is 10.1 Å². The van der Waals surface area contributed by atoms with Crippen molar-refractivity contribution in [3.05, 3.63) is 35.4 Å². The molecule has 1 aliphatic heterocycles.